The Morgan fingerprint density at radius 1 is 1.45 bits per heavy atom. The third kappa shape index (κ3) is 2.69. The van der Waals surface area contributed by atoms with Crippen LogP contribution in [0.25, 0.3) is 0 Å². The molecule has 6 nitrogen and oxygen atoms in total. The van der Waals surface area contributed by atoms with Crippen LogP contribution in [0.4, 0.5) is 0 Å². The topological polar surface area (TPSA) is 67.2 Å². The monoisotopic (exact) mass is 278 g/mol. The fraction of sp³-hybridized carbons (Fsp3) is 0.643. The first-order valence-electron chi connectivity index (χ1n) is 7.01. The van der Waals surface area contributed by atoms with Crippen molar-refractivity contribution in [3.8, 4) is 0 Å². The lowest BCUT2D eigenvalue weighted by atomic mass is 10.1. The number of carbonyl (C=O) groups is 2. The summed E-state index contributed by atoms with van der Waals surface area (Å²) in [7, 11) is 1.80. The smallest absolute Gasteiger partial charge is 0.258 e. The number of aromatic nitrogens is 2. The molecule has 0 bridgehead atoms. The Morgan fingerprint density at radius 3 is 2.70 bits per heavy atom. The first-order valence-corrected chi connectivity index (χ1v) is 7.01. The molecule has 110 valence electrons. The Balaban J connectivity index is 2.16. The molecule has 0 aromatic carbocycles. The van der Waals surface area contributed by atoms with E-state index in [1.54, 1.807) is 22.8 Å². The fourth-order valence-corrected chi connectivity index (χ4v) is 2.53. The van der Waals surface area contributed by atoms with Crippen molar-refractivity contribution >= 4 is 11.8 Å². The molecule has 1 saturated heterocycles. The summed E-state index contributed by atoms with van der Waals surface area (Å²) in [4.78, 5) is 26.4. The average molecular weight is 278 g/mol. The highest BCUT2D eigenvalue weighted by Crippen LogP contribution is 2.21. The third-order valence-electron chi connectivity index (χ3n) is 3.71. The van der Waals surface area contributed by atoms with Crippen molar-refractivity contribution in [1.29, 1.82) is 0 Å². The molecule has 0 spiro atoms. The molecule has 2 rings (SSSR count). The molecule has 6 heteroatoms. The molecule has 0 unspecified atom stereocenters. The summed E-state index contributed by atoms with van der Waals surface area (Å²) in [6.07, 6.45) is 3.16. The summed E-state index contributed by atoms with van der Waals surface area (Å²) in [5.74, 6) is -0.163. The summed E-state index contributed by atoms with van der Waals surface area (Å²) in [6, 6.07) is -0.273. The van der Waals surface area contributed by atoms with Gasteiger partial charge in [-0.25, -0.2) is 0 Å². The van der Waals surface area contributed by atoms with Crippen LogP contribution in [-0.2, 0) is 11.8 Å². The Bertz CT molecular complexity index is 521. The lowest BCUT2D eigenvalue weighted by molar-refractivity contribution is -0.125. The van der Waals surface area contributed by atoms with Crippen LogP contribution in [-0.4, -0.2) is 45.1 Å². The van der Waals surface area contributed by atoms with E-state index >= 15 is 0 Å². The molecule has 1 fully saturated rings. The van der Waals surface area contributed by atoms with Crippen LogP contribution >= 0.6 is 0 Å². The quantitative estimate of drug-likeness (QED) is 0.891. The van der Waals surface area contributed by atoms with E-state index in [2.05, 4.69) is 10.4 Å². The highest BCUT2D eigenvalue weighted by atomic mass is 16.2. The van der Waals surface area contributed by atoms with Crippen molar-refractivity contribution in [2.24, 2.45) is 7.05 Å². The van der Waals surface area contributed by atoms with E-state index in [4.69, 9.17) is 0 Å². The van der Waals surface area contributed by atoms with E-state index in [1.165, 1.54) is 0 Å². The molecule has 1 aromatic heterocycles. The Labute approximate surface area is 119 Å². The van der Waals surface area contributed by atoms with Gasteiger partial charge in [-0.15, -0.1) is 0 Å². The maximum atomic E-state index is 12.6. The van der Waals surface area contributed by atoms with Gasteiger partial charge in [-0.05, 0) is 33.6 Å². The second-order valence-corrected chi connectivity index (χ2v) is 5.59. The largest absolute Gasteiger partial charge is 0.352 e. The minimum atomic E-state index is -0.357. The SMILES string of the molecule is Cc1c(C(=O)N2CCC[C@@H]2C(=O)NC(C)C)cnn1C. The van der Waals surface area contributed by atoms with E-state index in [9.17, 15) is 9.59 Å². The molecule has 0 saturated carbocycles. The molecule has 2 amide bonds. The molecular weight excluding hydrogens is 256 g/mol. The predicted molar refractivity (Wildman–Crippen MR) is 75.3 cm³/mol. The summed E-state index contributed by atoms with van der Waals surface area (Å²) in [6.45, 7) is 6.33. The van der Waals surface area contributed by atoms with Crippen molar-refractivity contribution < 1.29 is 9.59 Å². The van der Waals surface area contributed by atoms with E-state index in [0.717, 1.165) is 18.5 Å². The molecule has 0 aliphatic carbocycles. The molecule has 1 aromatic rings. The molecule has 1 aliphatic rings. The Kier molecular flexibility index (Phi) is 4.11. The van der Waals surface area contributed by atoms with Crippen LogP contribution in [0.5, 0.6) is 0 Å². The molecule has 20 heavy (non-hydrogen) atoms. The maximum absolute atomic E-state index is 12.6. The van der Waals surface area contributed by atoms with Gasteiger partial charge in [0.05, 0.1) is 11.8 Å². The number of hydrogen-bond donors (Lipinski definition) is 1. The average Bonchev–Trinajstić information content (AvgIpc) is 2.97. The number of aryl methyl sites for hydroxylation is 1. The summed E-state index contributed by atoms with van der Waals surface area (Å²) >= 11 is 0. The number of likely N-dealkylation sites (tertiary alicyclic amines) is 1. The van der Waals surface area contributed by atoms with Gasteiger partial charge in [0.1, 0.15) is 6.04 Å². The van der Waals surface area contributed by atoms with Gasteiger partial charge in [-0.2, -0.15) is 5.10 Å². The van der Waals surface area contributed by atoms with Gasteiger partial charge in [-0.3, -0.25) is 14.3 Å². The van der Waals surface area contributed by atoms with Crippen molar-refractivity contribution in [3.05, 3.63) is 17.5 Å². The summed E-state index contributed by atoms with van der Waals surface area (Å²) in [5.41, 5.74) is 1.40. The highest BCUT2D eigenvalue weighted by molar-refractivity contribution is 5.98. The number of hydrogen-bond acceptors (Lipinski definition) is 3. The van der Waals surface area contributed by atoms with Gasteiger partial charge >= 0.3 is 0 Å². The first kappa shape index (κ1) is 14.6. The highest BCUT2D eigenvalue weighted by Gasteiger charge is 2.35. The van der Waals surface area contributed by atoms with Crippen LogP contribution in [0, 0.1) is 6.92 Å². The van der Waals surface area contributed by atoms with Gasteiger partial charge < -0.3 is 10.2 Å². The Morgan fingerprint density at radius 2 is 2.15 bits per heavy atom. The van der Waals surface area contributed by atoms with Crippen molar-refractivity contribution in [3.63, 3.8) is 0 Å². The molecule has 1 atom stereocenters. The van der Waals surface area contributed by atoms with Crippen molar-refractivity contribution in [2.45, 2.75) is 45.7 Å². The van der Waals surface area contributed by atoms with Gasteiger partial charge in [-0.1, -0.05) is 0 Å². The minimum Gasteiger partial charge on any atom is -0.352 e. The number of carbonyl (C=O) groups excluding carboxylic acids is 2. The van der Waals surface area contributed by atoms with Crippen LogP contribution < -0.4 is 5.32 Å². The van der Waals surface area contributed by atoms with Gasteiger partial charge in [0.2, 0.25) is 5.91 Å². The van der Waals surface area contributed by atoms with Crippen LogP contribution in [0.1, 0.15) is 42.7 Å². The van der Waals surface area contributed by atoms with Gasteiger partial charge in [0, 0.05) is 25.3 Å². The number of nitrogens with one attached hydrogen (secondary N) is 1. The van der Waals surface area contributed by atoms with E-state index in [0.29, 0.717) is 12.1 Å². The molecule has 1 N–H and O–H groups in total. The number of nitrogens with zero attached hydrogens (tertiary/aromatic N) is 3. The van der Waals surface area contributed by atoms with Crippen molar-refractivity contribution in [1.82, 2.24) is 20.0 Å². The van der Waals surface area contributed by atoms with Crippen LogP contribution in [0.2, 0.25) is 0 Å². The lowest BCUT2D eigenvalue weighted by Gasteiger charge is -2.24. The molecule has 0 radical (unpaired) electrons. The normalized spacial score (nSPS) is 18.6. The molecular formula is C14H22N4O2. The first-order chi connectivity index (χ1) is 9.41. The lowest BCUT2D eigenvalue weighted by Crippen LogP contribution is -2.47. The van der Waals surface area contributed by atoms with Gasteiger partial charge in [0.25, 0.3) is 5.91 Å². The van der Waals surface area contributed by atoms with Crippen LogP contribution in [0.3, 0.4) is 0 Å². The summed E-state index contributed by atoms with van der Waals surface area (Å²) < 4.78 is 1.67. The van der Waals surface area contributed by atoms with Gasteiger partial charge in [0.15, 0.2) is 0 Å². The van der Waals surface area contributed by atoms with E-state index in [-0.39, 0.29) is 23.9 Å². The fourth-order valence-electron chi connectivity index (χ4n) is 2.53. The minimum absolute atomic E-state index is 0.0626. The standard InChI is InChI=1S/C14H22N4O2/c1-9(2)16-13(19)12-6-5-7-18(12)14(20)11-8-15-17(4)10(11)3/h8-9,12H,5-7H2,1-4H3,(H,16,19)/t12-/m1/s1. The summed E-state index contributed by atoms with van der Waals surface area (Å²) in [5, 5.41) is 6.98. The molecule has 1 aliphatic heterocycles. The van der Waals surface area contributed by atoms with E-state index < -0.39 is 0 Å². The zero-order valence-corrected chi connectivity index (χ0v) is 12.5. The maximum Gasteiger partial charge on any atom is 0.258 e. The second kappa shape index (κ2) is 5.64. The van der Waals surface area contributed by atoms with E-state index in [1.807, 2.05) is 20.8 Å². The van der Waals surface area contributed by atoms with Crippen molar-refractivity contribution in [2.75, 3.05) is 6.54 Å². The number of rotatable bonds is 3. The third-order valence-corrected chi connectivity index (χ3v) is 3.71. The van der Waals surface area contributed by atoms with Crippen LogP contribution in [0.15, 0.2) is 6.20 Å². The Hall–Kier alpha value is -1.85. The zero-order chi connectivity index (χ0) is 14.9. The number of amides is 2. The zero-order valence-electron chi connectivity index (χ0n) is 12.5. The second-order valence-electron chi connectivity index (χ2n) is 5.59. The molecule has 2 heterocycles. The predicted octanol–water partition coefficient (Wildman–Crippen LogP) is 0.858.